The number of carbonyl (C=O) groups excluding carboxylic acids is 2. The third-order valence-corrected chi connectivity index (χ3v) is 4.42. The number of imide groups is 1. The van der Waals surface area contributed by atoms with Crippen molar-refractivity contribution < 1.29 is 18.7 Å². The molecule has 1 aliphatic rings. The Morgan fingerprint density at radius 3 is 2.60 bits per heavy atom. The second kappa shape index (κ2) is 5.87. The Kier molecular flexibility index (Phi) is 3.98. The van der Waals surface area contributed by atoms with Crippen LogP contribution in [-0.2, 0) is 16.9 Å². The number of carbonyl (C=O) groups is 2. The molecule has 8 nitrogen and oxygen atoms in total. The van der Waals surface area contributed by atoms with Gasteiger partial charge >= 0.3 is 12.0 Å². The summed E-state index contributed by atoms with van der Waals surface area (Å²) in [5, 5.41) is 2.77. The van der Waals surface area contributed by atoms with Gasteiger partial charge in [0, 0.05) is 23.0 Å². The minimum atomic E-state index is -1.15. The molecule has 1 saturated heterocycles. The second-order valence-corrected chi connectivity index (χ2v) is 6.24. The van der Waals surface area contributed by atoms with Crippen molar-refractivity contribution in [3.05, 3.63) is 40.6 Å². The van der Waals surface area contributed by atoms with E-state index in [1.807, 2.05) is 0 Å². The van der Waals surface area contributed by atoms with Gasteiger partial charge in [-0.15, -0.1) is 0 Å². The molecule has 0 aromatic carbocycles. The summed E-state index contributed by atoms with van der Waals surface area (Å²) in [4.78, 5) is 34.8. The molecular formula is C17H20N4O4. The van der Waals surface area contributed by atoms with Gasteiger partial charge in [-0.05, 0) is 33.8 Å². The molecule has 0 bridgehead atoms. The molecule has 3 heterocycles. The highest BCUT2D eigenvalue weighted by atomic mass is 16.5. The molecule has 1 fully saturated rings. The van der Waals surface area contributed by atoms with E-state index >= 15 is 0 Å². The van der Waals surface area contributed by atoms with Gasteiger partial charge in [-0.1, -0.05) is 0 Å². The molecule has 3 rings (SSSR count). The summed E-state index contributed by atoms with van der Waals surface area (Å²) in [7, 11) is 1.48. The van der Waals surface area contributed by atoms with Gasteiger partial charge in [-0.2, -0.15) is 0 Å². The summed E-state index contributed by atoms with van der Waals surface area (Å²) in [5.41, 5.74) is 0.832. The summed E-state index contributed by atoms with van der Waals surface area (Å²) < 4.78 is 10.5. The predicted octanol–water partition coefficient (Wildman–Crippen LogP) is 1.97. The van der Waals surface area contributed by atoms with Gasteiger partial charge in [-0.3, -0.25) is 9.69 Å². The van der Waals surface area contributed by atoms with Crippen LogP contribution in [0.5, 0.6) is 6.01 Å². The lowest BCUT2D eigenvalue weighted by molar-refractivity contribution is -0.131. The molecule has 0 spiro atoms. The normalized spacial score (nSPS) is 20.1. The topological polar surface area (TPSA) is 97.6 Å². The lowest BCUT2D eigenvalue weighted by Crippen LogP contribution is -2.41. The van der Waals surface area contributed by atoms with E-state index in [1.54, 1.807) is 40.0 Å². The molecule has 1 atom stereocenters. The van der Waals surface area contributed by atoms with Crippen molar-refractivity contribution in [2.24, 2.45) is 0 Å². The Hall–Kier alpha value is -2.90. The van der Waals surface area contributed by atoms with E-state index < -0.39 is 11.6 Å². The van der Waals surface area contributed by atoms with Crippen molar-refractivity contribution in [1.82, 2.24) is 20.2 Å². The number of hydrogen-bond donors (Lipinski definition) is 1. The molecule has 25 heavy (non-hydrogen) atoms. The molecule has 0 radical (unpaired) electrons. The van der Waals surface area contributed by atoms with Gasteiger partial charge < -0.3 is 14.5 Å². The maximum Gasteiger partial charge on any atom is 0.325 e. The highest BCUT2D eigenvalue weighted by Crippen LogP contribution is 2.33. The molecule has 132 valence electrons. The van der Waals surface area contributed by atoms with Crippen LogP contribution in [-0.4, -0.2) is 33.9 Å². The van der Waals surface area contributed by atoms with Crippen molar-refractivity contribution in [2.45, 2.75) is 39.8 Å². The van der Waals surface area contributed by atoms with Crippen LogP contribution in [0.4, 0.5) is 4.79 Å². The number of rotatable bonds is 4. The number of nitrogens with one attached hydrogen (secondary N) is 1. The number of aromatic nitrogens is 2. The van der Waals surface area contributed by atoms with E-state index in [1.165, 1.54) is 12.0 Å². The zero-order valence-electron chi connectivity index (χ0n) is 14.8. The van der Waals surface area contributed by atoms with Gasteiger partial charge in [0.25, 0.3) is 5.91 Å². The first kappa shape index (κ1) is 16.9. The maximum atomic E-state index is 13.0. The smallest absolute Gasteiger partial charge is 0.325 e. The molecule has 8 heteroatoms. The number of amides is 3. The van der Waals surface area contributed by atoms with Crippen molar-refractivity contribution in [2.75, 3.05) is 7.11 Å². The van der Waals surface area contributed by atoms with Crippen molar-refractivity contribution in [1.29, 1.82) is 0 Å². The Balaban J connectivity index is 1.90. The molecule has 1 N–H and O–H groups in total. The lowest BCUT2D eigenvalue weighted by Gasteiger charge is -2.21. The zero-order valence-corrected chi connectivity index (χ0v) is 14.8. The number of ether oxygens (including phenoxy) is 1. The molecule has 2 aromatic rings. The Morgan fingerprint density at radius 1 is 1.32 bits per heavy atom. The summed E-state index contributed by atoms with van der Waals surface area (Å²) in [5.74, 6) is 0.963. The fourth-order valence-corrected chi connectivity index (χ4v) is 3.04. The van der Waals surface area contributed by atoms with Crippen LogP contribution in [0.3, 0.4) is 0 Å². The fraction of sp³-hybridized carbons (Fsp3) is 0.412. The Bertz CT molecular complexity index is 860. The standard InChI is InChI=1S/C17H20N4O4/c1-9-6-13(11(3)25-9)17(4)14(22)21(16(23)20-17)8-12-7-18-15(24-5)19-10(12)2/h6-7H,8H2,1-5H3,(H,20,23). The van der Waals surface area contributed by atoms with Crippen LogP contribution in [0.15, 0.2) is 16.7 Å². The fourth-order valence-electron chi connectivity index (χ4n) is 3.04. The molecule has 1 aliphatic heterocycles. The third kappa shape index (κ3) is 2.73. The molecule has 0 saturated carbocycles. The molecule has 0 aliphatic carbocycles. The van der Waals surface area contributed by atoms with E-state index in [9.17, 15) is 9.59 Å². The first-order valence-corrected chi connectivity index (χ1v) is 7.84. The van der Waals surface area contributed by atoms with Crippen LogP contribution in [0.2, 0.25) is 0 Å². The van der Waals surface area contributed by atoms with Crippen LogP contribution in [0.1, 0.15) is 35.3 Å². The van der Waals surface area contributed by atoms with Crippen molar-refractivity contribution in [3.8, 4) is 6.01 Å². The molecule has 3 amide bonds. The van der Waals surface area contributed by atoms with E-state index in [-0.39, 0.29) is 18.5 Å². The van der Waals surface area contributed by atoms with Gasteiger partial charge in [0.1, 0.15) is 17.1 Å². The number of methoxy groups -OCH3 is 1. The van der Waals surface area contributed by atoms with E-state index in [4.69, 9.17) is 9.15 Å². The Morgan fingerprint density at radius 2 is 2.04 bits per heavy atom. The maximum absolute atomic E-state index is 13.0. The first-order chi connectivity index (χ1) is 11.8. The number of urea groups is 1. The van der Waals surface area contributed by atoms with Crippen LogP contribution < -0.4 is 10.1 Å². The minimum absolute atomic E-state index is 0.0893. The molecule has 2 aromatic heterocycles. The largest absolute Gasteiger partial charge is 0.467 e. The third-order valence-electron chi connectivity index (χ3n) is 4.42. The van der Waals surface area contributed by atoms with Crippen LogP contribution in [0, 0.1) is 20.8 Å². The number of furan rings is 1. The summed E-state index contributed by atoms with van der Waals surface area (Å²) in [6.07, 6.45) is 1.56. The Labute approximate surface area is 145 Å². The molecular weight excluding hydrogens is 324 g/mol. The highest BCUT2D eigenvalue weighted by Gasteiger charge is 2.50. The monoisotopic (exact) mass is 344 g/mol. The first-order valence-electron chi connectivity index (χ1n) is 7.84. The quantitative estimate of drug-likeness (QED) is 0.852. The van der Waals surface area contributed by atoms with Gasteiger partial charge in [0.2, 0.25) is 0 Å². The van der Waals surface area contributed by atoms with Gasteiger partial charge in [0.15, 0.2) is 0 Å². The second-order valence-electron chi connectivity index (χ2n) is 6.24. The van der Waals surface area contributed by atoms with Gasteiger partial charge in [-0.25, -0.2) is 14.8 Å². The summed E-state index contributed by atoms with van der Waals surface area (Å²) >= 11 is 0. The van der Waals surface area contributed by atoms with Crippen molar-refractivity contribution in [3.63, 3.8) is 0 Å². The van der Waals surface area contributed by atoms with Crippen molar-refractivity contribution >= 4 is 11.9 Å². The zero-order chi connectivity index (χ0) is 18.4. The van der Waals surface area contributed by atoms with E-state index in [0.29, 0.717) is 28.3 Å². The van der Waals surface area contributed by atoms with E-state index in [0.717, 1.165) is 0 Å². The average Bonchev–Trinajstić information content (AvgIpc) is 3.01. The minimum Gasteiger partial charge on any atom is -0.467 e. The number of aryl methyl sites for hydroxylation is 3. The number of nitrogens with zero attached hydrogens (tertiary/aromatic N) is 3. The van der Waals surface area contributed by atoms with E-state index in [2.05, 4.69) is 15.3 Å². The lowest BCUT2D eigenvalue weighted by atomic mass is 9.92. The SMILES string of the molecule is COc1ncc(CN2C(=O)NC(C)(c3cc(C)oc3C)C2=O)c(C)n1. The predicted molar refractivity (Wildman–Crippen MR) is 87.9 cm³/mol. The average molecular weight is 344 g/mol. The number of hydrogen-bond acceptors (Lipinski definition) is 6. The highest BCUT2D eigenvalue weighted by molar-refractivity contribution is 6.07. The van der Waals surface area contributed by atoms with Crippen LogP contribution in [0.25, 0.3) is 0 Å². The summed E-state index contributed by atoms with van der Waals surface area (Å²) in [6.45, 7) is 7.13. The summed E-state index contributed by atoms with van der Waals surface area (Å²) in [6, 6.07) is 1.56. The molecule has 1 unspecified atom stereocenters. The van der Waals surface area contributed by atoms with Gasteiger partial charge in [0.05, 0.1) is 13.7 Å². The van der Waals surface area contributed by atoms with Crippen LogP contribution >= 0.6 is 0 Å².